The molecule has 19 heavy (non-hydrogen) atoms. The van der Waals surface area contributed by atoms with E-state index in [0.717, 1.165) is 12.4 Å². The van der Waals surface area contributed by atoms with Crippen molar-refractivity contribution >= 4 is 17.3 Å². The van der Waals surface area contributed by atoms with Crippen LogP contribution in [0.3, 0.4) is 0 Å². The van der Waals surface area contributed by atoms with Crippen LogP contribution < -0.4 is 4.74 Å². The largest absolute Gasteiger partial charge is 0.494 e. The topological polar surface area (TPSA) is 78.2 Å². The van der Waals surface area contributed by atoms with Crippen LogP contribution in [0.2, 0.25) is 5.15 Å². The van der Waals surface area contributed by atoms with Gasteiger partial charge in [-0.3, -0.25) is 10.1 Å². The number of nitro groups is 1. The van der Waals surface area contributed by atoms with Gasteiger partial charge in [0.05, 0.1) is 12.0 Å². The summed E-state index contributed by atoms with van der Waals surface area (Å²) in [5, 5.41) is 10.6. The van der Waals surface area contributed by atoms with Crippen LogP contribution in [-0.4, -0.2) is 22.0 Å². The van der Waals surface area contributed by atoms with Gasteiger partial charge in [-0.2, -0.15) is 0 Å². The van der Waals surface area contributed by atoms with E-state index in [2.05, 4.69) is 9.97 Å². The second kappa shape index (κ2) is 5.15. The van der Waals surface area contributed by atoms with Crippen LogP contribution in [0.25, 0.3) is 11.3 Å². The minimum Gasteiger partial charge on any atom is -0.494 e. The Labute approximate surface area is 112 Å². The lowest BCUT2D eigenvalue weighted by molar-refractivity contribution is -0.384. The van der Waals surface area contributed by atoms with Gasteiger partial charge in [0.25, 0.3) is 0 Å². The fourth-order valence-corrected chi connectivity index (χ4v) is 1.75. The van der Waals surface area contributed by atoms with Crippen LogP contribution >= 0.6 is 11.6 Å². The maximum absolute atomic E-state index is 13.6. The molecule has 0 aliphatic heterocycles. The highest BCUT2D eigenvalue weighted by Gasteiger charge is 2.23. The van der Waals surface area contributed by atoms with Crippen LogP contribution in [0.5, 0.6) is 5.75 Å². The SMILES string of the molecule is COc1ccc(-c2ncnc(Cl)c2[N+](=O)[O-])cc1F. The quantitative estimate of drug-likeness (QED) is 0.492. The lowest BCUT2D eigenvalue weighted by Gasteiger charge is -2.05. The van der Waals surface area contributed by atoms with E-state index in [4.69, 9.17) is 16.3 Å². The predicted molar refractivity (Wildman–Crippen MR) is 65.6 cm³/mol. The number of ether oxygens (including phenoxy) is 1. The van der Waals surface area contributed by atoms with Crippen molar-refractivity contribution in [1.29, 1.82) is 0 Å². The van der Waals surface area contributed by atoms with Gasteiger partial charge in [0.1, 0.15) is 6.33 Å². The molecular formula is C11H7ClFN3O3. The van der Waals surface area contributed by atoms with Gasteiger partial charge in [0.15, 0.2) is 17.3 Å². The van der Waals surface area contributed by atoms with Gasteiger partial charge >= 0.3 is 5.69 Å². The first-order valence-electron chi connectivity index (χ1n) is 5.03. The van der Waals surface area contributed by atoms with Crippen LogP contribution in [0.1, 0.15) is 0 Å². The average molecular weight is 284 g/mol. The zero-order valence-corrected chi connectivity index (χ0v) is 10.4. The first kappa shape index (κ1) is 13.2. The van der Waals surface area contributed by atoms with Gasteiger partial charge in [-0.05, 0) is 18.2 Å². The molecule has 2 aromatic rings. The Morgan fingerprint density at radius 3 is 2.74 bits per heavy atom. The van der Waals surface area contributed by atoms with Crippen molar-refractivity contribution in [3.63, 3.8) is 0 Å². The fraction of sp³-hybridized carbons (Fsp3) is 0.0909. The number of halogens is 2. The highest BCUT2D eigenvalue weighted by Crippen LogP contribution is 2.33. The predicted octanol–water partition coefficient (Wildman–Crippen LogP) is 2.85. The number of methoxy groups -OCH3 is 1. The highest BCUT2D eigenvalue weighted by molar-refractivity contribution is 6.31. The van der Waals surface area contributed by atoms with Gasteiger partial charge in [-0.1, -0.05) is 11.6 Å². The third-order valence-electron chi connectivity index (χ3n) is 2.39. The second-order valence-corrected chi connectivity index (χ2v) is 3.83. The van der Waals surface area contributed by atoms with Crippen molar-refractivity contribution in [1.82, 2.24) is 9.97 Å². The molecule has 0 aliphatic carbocycles. The summed E-state index contributed by atoms with van der Waals surface area (Å²) >= 11 is 5.66. The summed E-state index contributed by atoms with van der Waals surface area (Å²) in [6.07, 6.45) is 1.08. The molecule has 0 radical (unpaired) electrons. The number of benzene rings is 1. The standard InChI is InChI=1S/C11H7ClFN3O3/c1-19-8-3-2-6(4-7(8)13)9-10(16(17)18)11(12)15-5-14-9/h2-5H,1H3. The first-order chi connectivity index (χ1) is 9.04. The summed E-state index contributed by atoms with van der Waals surface area (Å²) in [5.41, 5.74) is -0.297. The lowest BCUT2D eigenvalue weighted by atomic mass is 10.1. The van der Waals surface area contributed by atoms with Crippen molar-refractivity contribution < 1.29 is 14.1 Å². The maximum atomic E-state index is 13.6. The maximum Gasteiger partial charge on any atom is 0.332 e. The average Bonchev–Trinajstić information content (AvgIpc) is 2.37. The Hall–Kier alpha value is -2.28. The second-order valence-electron chi connectivity index (χ2n) is 3.47. The molecule has 0 saturated heterocycles. The molecule has 0 atom stereocenters. The van der Waals surface area contributed by atoms with Gasteiger partial charge in [-0.25, -0.2) is 14.4 Å². The zero-order valence-electron chi connectivity index (χ0n) is 9.63. The van der Waals surface area contributed by atoms with Crippen molar-refractivity contribution in [3.8, 4) is 17.0 Å². The Morgan fingerprint density at radius 1 is 1.42 bits per heavy atom. The molecule has 1 heterocycles. The number of hydrogen-bond donors (Lipinski definition) is 0. The number of nitrogens with zero attached hydrogens (tertiary/aromatic N) is 3. The molecular weight excluding hydrogens is 277 g/mol. The number of rotatable bonds is 3. The lowest BCUT2D eigenvalue weighted by Crippen LogP contribution is -1.98. The van der Waals surface area contributed by atoms with E-state index in [1.54, 1.807) is 0 Å². The van der Waals surface area contributed by atoms with E-state index in [-0.39, 0.29) is 22.2 Å². The third-order valence-corrected chi connectivity index (χ3v) is 2.66. The van der Waals surface area contributed by atoms with Crippen molar-refractivity contribution in [2.24, 2.45) is 0 Å². The molecule has 1 aromatic carbocycles. The van der Waals surface area contributed by atoms with E-state index in [0.29, 0.717) is 0 Å². The summed E-state index contributed by atoms with van der Waals surface area (Å²) < 4.78 is 18.4. The molecule has 2 rings (SSSR count). The van der Waals surface area contributed by atoms with Gasteiger partial charge in [0, 0.05) is 5.56 Å². The zero-order chi connectivity index (χ0) is 14.0. The van der Waals surface area contributed by atoms with Crippen molar-refractivity contribution in [2.75, 3.05) is 7.11 Å². The molecule has 8 heteroatoms. The smallest absolute Gasteiger partial charge is 0.332 e. The van der Waals surface area contributed by atoms with Gasteiger partial charge in [0.2, 0.25) is 5.15 Å². The monoisotopic (exact) mass is 283 g/mol. The Morgan fingerprint density at radius 2 is 2.16 bits per heavy atom. The molecule has 0 spiro atoms. The molecule has 0 saturated carbocycles. The normalized spacial score (nSPS) is 10.3. The van der Waals surface area contributed by atoms with Crippen molar-refractivity contribution in [3.05, 3.63) is 45.6 Å². The minimum absolute atomic E-state index is 0.0338. The van der Waals surface area contributed by atoms with Crippen LogP contribution in [0.15, 0.2) is 24.5 Å². The number of hydrogen-bond acceptors (Lipinski definition) is 5. The molecule has 1 aromatic heterocycles. The Kier molecular flexibility index (Phi) is 3.57. The van der Waals surface area contributed by atoms with E-state index in [9.17, 15) is 14.5 Å². The molecule has 98 valence electrons. The Bertz CT molecular complexity index is 651. The van der Waals surface area contributed by atoms with E-state index in [1.165, 1.54) is 19.2 Å². The molecule has 0 amide bonds. The van der Waals surface area contributed by atoms with Gasteiger partial charge in [-0.15, -0.1) is 0 Å². The summed E-state index contributed by atoms with van der Waals surface area (Å²) in [6.45, 7) is 0. The van der Waals surface area contributed by atoms with Crippen LogP contribution in [0.4, 0.5) is 10.1 Å². The molecule has 0 aliphatic rings. The van der Waals surface area contributed by atoms with Gasteiger partial charge < -0.3 is 4.74 Å². The summed E-state index contributed by atoms with van der Waals surface area (Å²) in [4.78, 5) is 17.6. The van der Waals surface area contributed by atoms with Crippen molar-refractivity contribution in [2.45, 2.75) is 0 Å². The minimum atomic E-state index is -0.709. The summed E-state index contributed by atoms with van der Waals surface area (Å²) in [6, 6.07) is 3.89. The molecule has 0 fully saturated rings. The molecule has 6 nitrogen and oxygen atoms in total. The first-order valence-corrected chi connectivity index (χ1v) is 5.41. The highest BCUT2D eigenvalue weighted by atomic mass is 35.5. The molecule has 0 unspecified atom stereocenters. The number of aromatic nitrogens is 2. The van der Waals surface area contributed by atoms with E-state index in [1.807, 2.05) is 0 Å². The van der Waals surface area contributed by atoms with E-state index < -0.39 is 16.4 Å². The Balaban J connectivity index is 2.62. The molecule has 0 bridgehead atoms. The molecule has 0 N–H and O–H groups in total. The van der Waals surface area contributed by atoms with Crippen LogP contribution in [0, 0.1) is 15.9 Å². The van der Waals surface area contributed by atoms with Crippen LogP contribution in [-0.2, 0) is 0 Å². The fourth-order valence-electron chi connectivity index (χ4n) is 1.54. The summed E-state index contributed by atoms with van der Waals surface area (Å²) in [7, 11) is 1.32. The summed E-state index contributed by atoms with van der Waals surface area (Å²) in [5.74, 6) is -0.615. The third kappa shape index (κ3) is 2.45. The van der Waals surface area contributed by atoms with E-state index >= 15 is 0 Å².